The van der Waals surface area contributed by atoms with Gasteiger partial charge < -0.3 is 24.1 Å². The molecule has 0 atom stereocenters. The molecule has 0 heterocycles. The van der Waals surface area contributed by atoms with Crippen LogP contribution in [0, 0.1) is 0 Å². The molecule has 180 valence electrons. The average Bonchev–Trinajstić information content (AvgIpc) is 2.54. The molecule has 11 heteroatoms. The Hall–Kier alpha value is -2.40. The van der Waals surface area contributed by atoms with E-state index in [2.05, 4.69) is 0 Å². The van der Waals surface area contributed by atoms with Crippen LogP contribution in [-0.2, 0) is 33.3 Å². The van der Waals surface area contributed by atoms with Crippen molar-refractivity contribution in [2.45, 2.75) is 52.7 Å². The largest absolute Gasteiger partial charge is 0.480 e. The van der Waals surface area contributed by atoms with Crippen molar-refractivity contribution in [2.24, 2.45) is 0 Å². The summed E-state index contributed by atoms with van der Waals surface area (Å²) in [6.45, 7) is 9.36. The van der Waals surface area contributed by atoms with Gasteiger partial charge >= 0.3 is 24.0 Å². The quantitative estimate of drug-likeness (QED) is 0.342. The van der Waals surface area contributed by atoms with Crippen molar-refractivity contribution in [3.8, 4) is 0 Å². The minimum Gasteiger partial charge on any atom is -0.480 e. The predicted octanol–water partition coefficient (Wildman–Crippen LogP) is 1.14. The van der Waals surface area contributed by atoms with Gasteiger partial charge in [-0.2, -0.15) is 0 Å². The molecule has 0 saturated carbocycles. The van der Waals surface area contributed by atoms with E-state index in [-0.39, 0.29) is 39.4 Å². The van der Waals surface area contributed by atoms with Gasteiger partial charge in [0.25, 0.3) is 0 Å². The first-order valence-electron chi connectivity index (χ1n) is 9.91. The van der Waals surface area contributed by atoms with Gasteiger partial charge in [0.15, 0.2) is 0 Å². The lowest BCUT2D eigenvalue weighted by Crippen LogP contribution is -2.43. The first-order valence-corrected chi connectivity index (χ1v) is 9.91. The lowest BCUT2D eigenvalue weighted by Gasteiger charge is -2.27. The summed E-state index contributed by atoms with van der Waals surface area (Å²) in [6.07, 6.45) is -0.682. The Balaban J connectivity index is 4.75. The van der Waals surface area contributed by atoms with Gasteiger partial charge in [0, 0.05) is 20.2 Å². The molecule has 0 rings (SSSR count). The number of aliphatic carboxylic acids is 1. The van der Waals surface area contributed by atoms with Crippen molar-refractivity contribution in [1.82, 2.24) is 9.80 Å². The Morgan fingerprint density at radius 1 is 0.774 bits per heavy atom. The highest BCUT2D eigenvalue weighted by Gasteiger charge is 2.25. The highest BCUT2D eigenvalue weighted by molar-refractivity contribution is 5.78. The molecule has 0 aromatic carbocycles. The number of hydrogen-bond donors (Lipinski definition) is 1. The van der Waals surface area contributed by atoms with E-state index in [1.165, 1.54) is 12.0 Å². The molecule has 0 bridgehead atoms. The van der Waals surface area contributed by atoms with Crippen LogP contribution in [0.15, 0.2) is 0 Å². The van der Waals surface area contributed by atoms with Crippen LogP contribution in [-0.4, -0.2) is 103 Å². The second kappa shape index (κ2) is 13.1. The Bertz CT molecular complexity index is 609. The van der Waals surface area contributed by atoms with Crippen molar-refractivity contribution in [2.75, 3.05) is 53.0 Å². The van der Waals surface area contributed by atoms with E-state index in [0.717, 1.165) is 4.90 Å². The van der Waals surface area contributed by atoms with Crippen molar-refractivity contribution in [3.63, 3.8) is 0 Å². The van der Waals surface area contributed by atoms with Crippen molar-refractivity contribution < 1.29 is 43.2 Å². The number of carbonyl (C=O) groups is 4. The van der Waals surface area contributed by atoms with E-state index in [0.29, 0.717) is 0 Å². The monoisotopic (exact) mass is 448 g/mol. The Morgan fingerprint density at radius 3 is 1.84 bits per heavy atom. The molecule has 11 nitrogen and oxygen atoms in total. The van der Waals surface area contributed by atoms with Gasteiger partial charge in [-0.1, -0.05) is 0 Å². The third kappa shape index (κ3) is 16.0. The molecule has 0 unspecified atom stereocenters. The third-order valence-electron chi connectivity index (χ3n) is 3.34. The highest BCUT2D eigenvalue weighted by Crippen LogP contribution is 2.10. The van der Waals surface area contributed by atoms with Gasteiger partial charge in [0.2, 0.25) is 0 Å². The van der Waals surface area contributed by atoms with Crippen LogP contribution in [0.1, 0.15) is 41.5 Å². The summed E-state index contributed by atoms with van der Waals surface area (Å²) in [5, 5.41) is 9.02. The third-order valence-corrected chi connectivity index (χ3v) is 3.34. The maximum absolute atomic E-state index is 12.3. The van der Waals surface area contributed by atoms with E-state index in [4.69, 9.17) is 24.1 Å². The van der Waals surface area contributed by atoms with Crippen LogP contribution in [0.3, 0.4) is 0 Å². The number of methoxy groups -OCH3 is 1. The van der Waals surface area contributed by atoms with E-state index >= 15 is 0 Å². The second-order valence-corrected chi connectivity index (χ2v) is 8.81. The van der Waals surface area contributed by atoms with Gasteiger partial charge in [0.1, 0.15) is 24.4 Å². The molecule has 0 aromatic rings. The minimum absolute atomic E-state index is 0.00178. The number of carbonyl (C=O) groups excluding carboxylic acids is 3. The molecule has 1 N–H and O–H groups in total. The van der Waals surface area contributed by atoms with Crippen molar-refractivity contribution in [3.05, 3.63) is 0 Å². The van der Waals surface area contributed by atoms with E-state index in [1.54, 1.807) is 41.5 Å². The SMILES string of the molecule is COCCN(CC(=O)OCCN(CC(=O)O)CC(=O)OC(C)(C)C)C(=O)OC(C)(C)C. The maximum atomic E-state index is 12.3. The molecule has 0 aromatic heterocycles. The number of carboxylic acid groups (broad SMARTS) is 1. The zero-order chi connectivity index (χ0) is 24.2. The number of nitrogens with zero attached hydrogens (tertiary/aromatic N) is 2. The first-order chi connectivity index (χ1) is 14.1. The molecule has 31 heavy (non-hydrogen) atoms. The average molecular weight is 449 g/mol. The summed E-state index contributed by atoms with van der Waals surface area (Å²) >= 11 is 0. The molecule has 0 saturated heterocycles. The van der Waals surface area contributed by atoms with Gasteiger partial charge in [-0.15, -0.1) is 0 Å². The second-order valence-electron chi connectivity index (χ2n) is 8.81. The molecule has 0 fully saturated rings. The first kappa shape index (κ1) is 28.6. The van der Waals surface area contributed by atoms with Gasteiger partial charge in [-0.05, 0) is 41.5 Å². The summed E-state index contributed by atoms with van der Waals surface area (Å²) in [6, 6.07) is 0. The standard InChI is InChI=1S/C20H36N2O9/c1-19(2,3)30-17(26)13-21(12-15(23)24)8-11-29-16(25)14-22(9-10-28-7)18(27)31-20(4,5)6/h8-14H2,1-7H3,(H,23,24). The zero-order valence-corrected chi connectivity index (χ0v) is 19.6. The van der Waals surface area contributed by atoms with Gasteiger partial charge in [0.05, 0.1) is 19.7 Å². The Labute approximate surface area is 183 Å². The number of ether oxygens (including phenoxy) is 4. The van der Waals surface area contributed by atoms with E-state index < -0.39 is 41.7 Å². The topological polar surface area (TPSA) is 132 Å². The van der Waals surface area contributed by atoms with Crippen LogP contribution in [0.25, 0.3) is 0 Å². The molecule has 0 aliphatic carbocycles. The van der Waals surface area contributed by atoms with Crippen LogP contribution in [0.5, 0.6) is 0 Å². The molecule has 1 amide bonds. The number of rotatable bonds is 12. The normalized spacial score (nSPS) is 11.7. The Kier molecular flexibility index (Phi) is 12.1. The van der Waals surface area contributed by atoms with E-state index in [1.807, 2.05) is 0 Å². The molecular formula is C20H36N2O9. The smallest absolute Gasteiger partial charge is 0.410 e. The van der Waals surface area contributed by atoms with Crippen LogP contribution in [0.2, 0.25) is 0 Å². The summed E-state index contributed by atoms with van der Waals surface area (Å²) in [7, 11) is 1.47. The molecule has 0 radical (unpaired) electrons. The zero-order valence-electron chi connectivity index (χ0n) is 19.6. The maximum Gasteiger partial charge on any atom is 0.410 e. The summed E-state index contributed by atoms with van der Waals surface area (Å²) < 4.78 is 20.5. The van der Waals surface area contributed by atoms with Gasteiger partial charge in [-0.3, -0.25) is 24.2 Å². The molecular weight excluding hydrogens is 412 g/mol. The van der Waals surface area contributed by atoms with Crippen LogP contribution in [0.4, 0.5) is 4.79 Å². The Morgan fingerprint density at radius 2 is 1.35 bits per heavy atom. The number of carboxylic acids is 1. The minimum atomic E-state index is -1.13. The van der Waals surface area contributed by atoms with Gasteiger partial charge in [-0.25, -0.2) is 4.79 Å². The highest BCUT2D eigenvalue weighted by atomic mass is 16.6. The van der Waals surface area contributed by atoms with Crippen LogP contribution < -0.4 is 0 Å². The summed E-state index contributed by atoms with van der Waals surface area (Å²) in [4.78, 5) is 49.9. The lowest BCUT2D eigenvalue weighted by molar-refractivity contribution is -0.157. The van der Waals surface area contributed by atoms with Crippen molar-refractivity contribution >= 4 is 24.0 Å². The molecule has 0 aliphatic heterocycles. The van der Waals surface area contributed by atoms with Crippen molar-refractivity contribution in [1.29, 1.82) is 0 Å². The molecule has 0 aliphatic rings. The van der Waals surface area contributed by atoms with E-state index in [9.17, 15) is 19.2 Å². The fourth-order valence-electron chi connectivity index (χ4n) is 2.21. The number of hydrogen-bond acceptors (Lipinski definition) is 9. The van der Waals surface area contributed by atoms with Crippen LogP contribution >= 0.6 is 0 Å². The molecule has 0 spiro atoms. The summed E-state index contributed by atoms with van der Waals surface area (Å²) in [5.41, 5.74) is -1.43. The summed E-state index contributed by atoms with van der Waals surface area (Å²) in [5.74, 6) is -2.42. The lowest BCUT2D eigenvalue weighted by atomic mass is 10.2. The number of esters is 2. The number of amides is 1. The predicted molar refractivity (Wildman–Crippen MR) is 111 cm³/mol. The fourth-order valence-corrected chi connectivity index (χ4v) is 2.21. The fraction of sp³-hybridized carbons (Fsp3) is 0.800.